The van der Waals surface area contributed by atoms with Gasteiger partial charge in [-0.15, -0.1) is 0 Å². The third-order valence-corrected chi connectivity index (χ3v) is 5.08. The van der Waals surface area contributed by atoms with Gasteiger partial charge in [-0.3, -0.25) is 9.48 Å². The highest BCUT2D eigenvalue weighted by molar-refractivity contribution is 5.77. The van der Waals surface area contributed by atoms with Crippen molar-refractivity contribution < 1.29 is 32.9 Å². The van der Waals surface area contributed by atoms with Gasteiger partial charge in [-0.1, -0.05) is 0 Å². The molecule has 1 saturated heterocycles. The smallest absolute Gasteiger partial charge is 0.244 e. The molecule has 3 aromatic rings. The molecule has 2 aromatic heterocycles. The molecule has 1 amide bonds. The number of rotatable bonds is 9. The van der Waals surface area contributed by atoms with Crippen LogP contribution in [0.1, 0.15) is 5.56 Å². The van der Waals surface area contributed by atoms with Crippen LogP contribution in [0.2, 0.25) is 0 Å². The van der Waals surface area contributed by atoms with Gasteiger partial charge in [0.2, 0.25) is 11.8 Å². The van der Waals surface area contributed by atoms with E-state index in [4.69, 9.17) is 14.2 Å². The Bertz CT molecular complexity index is 1140. The molecule has 3 heterocycles. The van der Waals surface area contributed by atoms with E-state index in [1.54, 1.807) is 11.1 Å². The van der Waals surface area contributed by atoms with Gasteiger partial charge < -0.3 is 29.5 Å². The first-order chi connectivity index (χ1) is 16.4. The van der Waals surface area contributed by atoms with Crippen LogP contribution in [0.15, 0.2) is 30.9 Å². The lowest BCUT2D eigenvalue weighted by molar-refractivity contribution is -0.142. The van der Waals surface area contributed by atoms with E-state index >= 15 is 0 Å². The van der Waals surface area contributed by atoms with E-state index in [1.807, 2.05) is 0 Å². The number of ether oxygens (including phenoxy) is 3. The monoisotopic (exact) mass is 476 g/mol. The topological polar surface area (TPSA) is 124 Å². The van der Waals surface area contributed by atoms with E-state index in [0.29, 0.717) is 24.6 Å². The molecule has 1 fully saturated rings. The van der Waals surface area contributed by atoms with Crippen molar-refractivity contribution in [3.05, 3.63) is 48.1 Å². The Morgan fingerprint density at radius 1 is 1.15 bits per heavy atom. The molecule has 180 valence electrons. The van der Waals surface area contributed by atoms with Crippen molar-refractivity contribution >= 4 is 17.4 Å². The van der Waals surface area contributed by atoms with Crippen LogP contribution in [0.5, 0.6) is 17.4 Å². The van der Waals surface area contributed by atoms with Crippen LogP contribution in [-0.4, -0.2) is 69.1 Å². The maximum atomic E-state index is 14.4. The van der Waals surface area contributed by atoms with E-state index < -0.39 is 24.3 Å². The summed E-state index contributed by atoms with van der Waals surface area (Å²) in [6.45, 7) is 0.260. The summed E-state index contributed by atoms with van der Waals surface area (Å²) in [5.74, 6) is -1.86. The van der Waals surface area contributed by atoms with Crippen LogP contribution in [0, 0.1) is 11.6 Å². The van der Waals surface area contributed by atoms with E-state index in [9.17, 15) is 18.7 Å². The van der Waals surface area contributed by atoms with E-state index in [-0.39, 0.29) is 35.4 Å². The van der Waals surface area contributed by atoms with Gasteiger partial charge in [0, 0.05) is 25.4 Å². The molecular formula is C21H22F2N6O5. The Labute approximate surface area is 192 Å². The Morgan fingerprint density at radius 2 is 1.85 bits per heavy atom. The Morgan fingerprint density at radius 3 is 2.44 bits per heavy atom. The summed E-state index contributed by atoms with van der Waals surface area (Å²) >= 11 is 0. The zero-order valence-corrected chi connectivity index (χ0v) is 18.4. The predicted molar refractivity (Wildman–Crippen MR) is 114 cm³/mol. The van der Waals surface area contributed by atoms with Gasteiger partial charge in [-0.05, 0) is 0 Å². The maximum Gasteiger partial charge on any atom is 0.244 e. The lowest BCUT2D eigenvalue weighted by atomic mass is 10.1. The van der Waals surface area contributed by atoms with Crippen LogP contribution in [0.25, 0.3) is 0 Å². The van der Waals surface area contributed by atoms with Crippen LogP contribution in [0.3, 0.4) is 0 Å². The molecule has 13 heteroatoms. The molecule has 0 bridgehead atoms. The number of likely N-dealkylation sites (tertiary alicyclic amines) is 1. The fraction of sp³-hybridized carbons (Fsp3) is 0.333. The number of nitrogens with one attached hydrogen (secondary N) is 1. The van der Waals surface area contributed by atoms with Crippen molar-refractivity contribution in [2.75, 3.05) is 32.6 Å². The largest absolute Gasteiger partial charge is 0.494 e. The molecule has 1 aliphatic heterocycles. The third kappa shape index (κ3) is 4.98. The van der Waals surface area contributed by atoms with Crippen molar-refractivity contribution in [1.29, 1.82) is 0 Å². The van der Waals surface area contributed by atoms with Crippen LogP contribution in [-0.2, 0) is 17.9 Å². The normalized spacial score (nSPS) is 13.4. The average molecular weight is 476 g/mol. The number of methoxy groups -OCH3 is 2. The molecule has 0 saturated carbocycles. The third-order valence-electron chi connectivity index (χ3n) is 5.08. The van der Waals surface area contributed by atoms with E-state index in [0.717, 1.165) is 6.07 Å². The van der Waals surface area contributed by atoms with Crippen molar-refractivity contribution in [3.63, 3.8) is 0 Å². The minimum atomic E-state index is -0.896. The van der Waals surface area contributed by atoms with Gasteiger partial charge in [0.25, 0.3) is 0 Å². The molecule has 2 N–H and O–H groups in total. The zero-order valence-electron chi connectivity index (χ0n) is 18.4. The van der Waals surface area contributed by atoms with Crippen LogP contribution < -0.4 is 19.5 Å². The molecule has 1 aliphatic rings. The summed E-state index contributed by atoms with van der Waals surface area (Å²) in [6, 6.07) is 1.11. The summed E-state index contributed by atoms with van der Waals surface area (Å²) in [6.07, 6.45) is 5.35. The standard InChI is InChI=1S/C21H22F2N6O5/c1-32-15-3-16(33-2)21(23)14(20(15)22)11-34-18-6-24-17(5-25-18)27-12-4-26-29(7-12)10-19(31)28-8-13(30)9-28/h3-7,13,30H,8-11H2,1-2H3,(H,24,27). The van der Waals surface area contributed by atoms with Crippen LogP contribution in [0.4, 0.5) is 20.3 Å². The van der Waals surface area contributed by atoms with Crippen molar-refractivity contribution in [3.8, 4) is 17.4 Å². The predicted octanol–water partition coefficient (Wildman–Crippen LogP) is 1.49. The molecule has 0 aliphatic carbocycles. The van der Waals surface area contributed by atoms with Gasteiger partial charge >= 0.3 is 0 Å². The second-order valence-corrected chi connectivity index (χ2v) is 7.42. The van der Waals surface area contributed by atoms with Gasteiger partial charge in [-0.25, -0.2) is 18.7 Å². The molecule has 4 rings (SSSR count). The minimum Gasteiger partial charge on any atom is -0.494 e. The highest BCUT2D eigenvalue weighted by Gasteiger charge is 2.28. The highest BCUT2D eigenvalue weighted by Crippen LogP contribution is 2.31. The number of anilines is 2. The number of carbonyl (C=O) groups excluding carboxylic acids is 1. The Kier molecular flexibility index (Phi) is 6.72. The SMILES string of the molecule is COc1cc(OC)c(F)c(COc2cnc(Nc3cnn(CC(=O)N4CC(O)C4)c3)cn2)c1F. The maximum absolute atomic E-state index is 14.4. The number of hydrogen-bond donors (Lipinski definition) is 2. The molecule has 0 radical (unpaired) electrons. The lowest BCUT2D eigenvalue weighted by Gasteiger charge is -2.35. The molecule has 0 spiro atoms. The van der Waals surface area contributed by atoms with Crippen molar-refractivity contribution in [2.45, 2.75) is 19.3 Å². The zero-order chi connectivity index (χ0) is 24.2. The number of hydrogen-bond acceptors (Lipinski definition) is 9. The van der Waals surface area contributed by atoms with E-state index in [2.05, 4.69) is 20.4 Å². The average Bonchev–Trinajstić information content (AvgIpc) is 3.24. The quantitative estimate of drug-likeness (QED) is 0.473. The number of aromatic nitrogens is 4. The van der Waals surface area contributed by atoms with Gasteiger partial charge in [0.15, 0.2) is 23.1 Å². The lowest BCUT2D eigenvalue weighted by Crippen LogP contribution is -2.54. The Hall–Kier alpha value is -4.00. The first kappa shape index (κ1) is 23.2. The summed E-state index contributed by atoms with van der Waals surface area (Å²) in [4.78, 5) is 21.8. The first-order valence-corrected chi connectivity index (χ1v) is 10.2. The summed E-state index contributed by atoms with van der Waals surface area (Å²) in [5.41, 5.74) is 0.210. The van der Waals surface area contributed by atoms with Gasteiger partial charge in [0.1, 0.15) is 19.0 Å². The fourth-order valence-electron chi connectivity index (χ4n) is 3.22. The van der Waals surface area contributed by atoms with Crippen molar-refractivity contribution in [2.24, 2.45) is 0 Å². The highest BCUT2D eigenvalue weighted by atomic mass is 19.1. The summed E-state index contributed by atoms with van der Waals surface area (Å²) in [5, 5.41) is 16.4. The number of benzene rings is 1. The second kappa shape index (κ2) is 9.87. The fourth-order valence-corrected chi connectivity index (χ4v) is 3.22. The first-order valence-electron chi connectivity index (χ1n) is 10.2. The second-order valence-electron chi connectivity index (χ2n) is 7.42. The summed E-state index contributed by atoms with van der Waals surface area (Å²) < 4.78 is 45.5. The molecule has 0 atom stereocenters. The molecule has 1 aromatic carbocycles. The van der Waals surface area contributed by atoms with E-state index in [1.165, 1.54) is 37.5 Å². The molecule has 34 heavy (non-hydrogen) atoms. The molecular weight excluding hydrogens is 454 g/mol. The number of β-amino-alcohol motifs (C(OH)–C–C–N with tert-alkyl or cyclic N) is 1. The number of amides is 1. The molecule has 11 nitrogen and oxygen atoms in total. The summed E-state index contributed by atoms with van der Waals surface area (Å²) in [7, 11) is 2.52. The van der Waals surface area contributed by atoms with Gasteiger partial charge in [0.05, 0.1) is 50.2 Å². The van der Waals surface area contributed by atoms with Crippen LogP contribution >= 0.6 is 0 Å². The van der Waals surface area contributed by atoms with Gasteiger partial charge in [-0.2, -0.15) is 5.10 Å². The number of aliphatic hydroxyl groups is 1. The number of aliphatic hydroxyl groups excluding tert-OH is 1. The number of carbonyl (C=O) groups is 1. The molecule has 0 unspecified atom stereocenters. The Balaban J connectivity index is 1.35. The number of nitrogens with zero attached hydrogens (tertiary/aromatic N) is 5. The number of halogens is 2. The minimum absolute atomic E-state index is 0.0455. The van der Waals surface area contributed by atoms with Crippen molar-refractivity contribution in [1.82, 2.24) is 24.6 Å².